The van der Waals surface area contributed by atoms with Gasteiger partial charge in [-0.1, -0.05) is 19.1 Å². The normalized spacial score (nSPS) is 14.4. The van der Waals surface area contributed by atoms with Crippen LogP contribution in [0.1, 0.15) is 42.4 Å². The van der Waals surface area contributed by atoms with Gasteiger partial charge in [0.1, 0.15) is 23.9 Å². The SMILES string of the molecule is CCc1ccc(OCc2cc(CNC3CC3)c(C)o2)cc1. The summed E-state index contributed by atoms with van der Waals surface area (Å²) < 4.78 is 11.6. The van der Waals surface area contributed by atoms with E-state index in [1.165, 1.54) is 24.0 Å². The average molecular weight is 285 g/mol. The zero-order chi connectivity index (χ0) is 14.7. The van der Waals surface area contributed by atoms with Gasteiger partial charge in [0.25, 0.3) is 0 Å². The third kappa shape index (κ3) is 3.88. The molecule has 0 unspecified atom stereocenters. The number of nitrogens with one attached hydrogen (secondary N) is 1. The lowest BCUT2D eigenvalue weighted by Gasteiger charge is -2.04. The second-order valence-electron chi connectivity index (χ2n) is 5.74. The molecular weight excluding hydrogens is 262 g/mol. The molecule has 3 nitrogen and oxygen atoms in total. The number of benzene rings is 1. The second kappa shape index (κ2) is 6.35. The quantitative estimate of drug-likeness (QED) is 0.835. The van der Waals surface area contributed by atoms with Crippen molar-refractivity contribution in [2.24, 2.45) is 0 Å². The van der Waals surface area contributed by atoms with Crippen LogP contribution in [0.25, 0.3) is 0 Å². The van der Waals surface area contributed by atoms with Crippen LogP contribution in [0.3, 0.4) is 0 Å². The number of hydrogen-bond acceptors (Lipinski definition) is 3. The van der Waals surface area contributed by atoms with Gasteiger partial charge >= 0.3 is 0 Å². The van der Waals surface area contributed by atoms with Crippen molar-refractivity contribution >= 4 is 0 Å². The van der Waals surface area contributed by atoms with Gasteiger partial charge in [0.2, 0.25) is 0 Å². The summed E-state index contributed by atoms with van der Waals surface area (Å²) in [7, 11) is 0. The van der Waals surface area contributed by atoms with E-state index in [0.29, 0.717) is 6.61 Å². The molecule has 112 valence electrons. The minimum absolute atomic E-state index is 0.482. The molecule has 1 aromatic heterocycles. The van der Waals surface area contributed by atoms with Gasteiger partial charge in [0, 0.05) is 18.2 Å². The fourth-order valence-corrected chi connectivity index (χ4v) is 2.35. The molecule has 0 bridgehead atoms. The maximum atomic E-state index is 5.78. The first-order chi connectivity index (χ1) is 10.2. The molecule has 1 aromatic carbocycles. The summed E-state index contributed by atoms with van der Waals surface area (Å²) in [6, 6.07) is 11.1. The molecule has 1 heterocycles. The van der Waals surface area contributed by atoms with Crippen molar-refractivity contribution in [2.45, 2.75) is 52.3 Å². The van der Waals surface area contributed by atoms with Crippen molar-refractivity contribution in [3.05, 3.63) is 53.0 Å². The molecule has 3 rings (SSSR count). The second-order valence-corrected chi connectivity index (χ2v) is 5.74. The van der Waals surface area contributed by atoms with Crippen molar-refractivity contribution in [1.29, 1.82) is 0 Å². The van der Waals surface area contributed by atoms with Crippen LogP contribution in [0.15, 0.2) is 34.7 Å². The van der Waals surface area contributed by atoms with Crippen LogP contribution in [-0.2, 0) is 19.6 Å². The molecule has 21 heavy (non-hydrogen) atoms. The Hall–Kier alpha value is -1.74. The highest BCUT2D eigenvalue weighted by Crippen LogP contribution is 2.22. The van der Waals surface area contributed by atoms with Crippen LogP contribution in [0.4, 0.5) is 0 Å². The Morgan fingerprint density at radius 3 is 2.67 bits per heavy atom. The van der Waals surface area contributed by atoms with Crippen molar-refractivity contribution in [3.8, 4) is 5.75 Å². The number of ether oxygens (including phenoxy) is 1. The highest BCUT2D eigenvalue weighted by molar-refractivity contribution is 5.27. The Morgan fingerprint density at radius 1 is 1.24 bits per heavy atom. The van der Waals surface area contributed by atoms with E-state index < -0.39 is 0 Å². The lowest BCUT2D eigenvalue weighted by molar-refractivity contribution is 0.267. The van der Waals surface area contributed by atoms with Crippen LogP contribution in [0.2, 0.25) is 0 Å². The van der Waals surface area contributed by atoms with Crippen LogP contribution < -0.4 is 10.1 Å². The molecule has 1 aliphatic carbocycles. The molecule has 1 saturated carbocycles. The van der Waals surface area contributed by atoms with E-state index in [-0.39, 0.29) is 0 Å². The van der Waals surface area contributed by atoms with Crippen LogP contribution in [0, 0.1) is 6.92 Å². The topological polar surface area (TPSA) is 34.4 Å². The first kappa shape index (κ1) is 14.2. The van der Waals surface area contributed by atoms with Gasteiger partial charge < -0.3 is 14.5 Å². The van der Waals surface area contributed by atoms with E-state index in [2.05, 4.69) is 30.4 Å². The van der Waals surface area contributed by atoms with Crippen LogP contribution in [-0.4, -0.2) is 6.04 Å². The molecule has 0 saturated heterocycles. The van der Waals surface area contributed by atoms with E-state index in [1.54, 1.807) is 0 Å². The van der Waals surface area contributed by atoms with Gasteiger partial charge in [-0.3, -0.25) is 0 Å². The van der Waals surface area contributed by atoms with Crippen LogP contribution in [0.5, 0.6) is 5.75 Å². The summed E-state index contributed by atoms with van der Waals surface area (Å²) in [5.41, 5.74) is 2.56. The predicted octanol–water partition coefficient (Wildman–Crippen LogP) is 3.98. The molecule has 3 heteroatoms. The lowest BCUT2D eigenvalue weighted by atomic mass is 10.2. The maximum Gasteiger partial charge on any atom is 0.146 e. The fourth-order valence-electron chi connectivity index (χ4n) is 2.35. The van der Waals surface area contributed by atoms with Gasteiger partial charge in [-0.15, -0.1) is 0 Å². The molecular formula is C18H23NO2. The summed E-state index contributed by atoms with van der Waals surface area (Å²) in [5.74, 6) is 2.77. The molecule has 0 atom stereocenters. The van der Waals surface area contributed by atoms with Crippen molar-refractivity contribution < 1.29 is 9.15 Å². The van der Waals surface area contributed by atoms with Crippen LogP contribution >= 0.6 is 0 Å². The zero-order valence-electron chi connectivity index (χ0n) is 12.8. The fraction of sp³-hybridized carbons (Fsp3) is 0.444. The minimum Gasteiger partial charge on any atom is -0.486 e. The summed E-state index contributed by atoms with van der Waals surface area (Å²) in [5, 5.41) is 3.51. The highest BCUT2D eigenvalue weighted by atomic mass is 16.5. The first-order valence-electron chi connectivity index (χ1n) is 7.78. The summed E-state index contributed by atoms with van der Waals surface area (Å²) in [6.45, 7) is 5.54. The smallest absolute Gasteiger partial charge is 0.146 e. The Balaban J connectivity index is 1.55. The Labute approximate surface area is 126 Å². The Morgan fingerprint density at radius 2 is 2.00 bits per heavy atom. The molecule has 1 aliphatic rings. The van der Waals surface area contributed by atoms with Crippen molar-refractivity contribution in [3.63, 3.8) is 0 Å². The maximum absolute atomic E-state index is 5.78. The molecule has 1 N–H and O–H groups in total. The van der Waals surface area contributed by atoms with E-state index in [4.69, 9.17) is 9.15 Å². The molecule has 2 aromatic rings. The molecule has 1 fully saturated rings. The Bertz CT molecular complexity index is 582. The summed E-state index contributed by atoms with van der Waals surface area (Å²) >= 11 is 0. The van der Waals surface area contributed by atoms with Crippen molar-refractivity contribution in [2.75, 3.05) is 0 Å². The van der Waals surface area contributed by atoms with Gasteiger partial charge in [0.15, 0.2) is 0 Å². The third-order valence-electron chi connectivity index (χ3n) is 3.94. The zero-order valence-corrected chi connectivity index (χ0v) is 12.8. The number of furan rings is 1. The van der Waals surface area contributed by atoms with E-state index in [9.17, 15) is 0 Å². The van der Waals surface area contributed by atoms with E-state index in [1.807, 2.05) is 19.1 Å². The average Bonchev–Trinajstić information content (AvgIpc) is 3.27. The molecule has 0 amide bonds. The first-order valence-corrected chi connectivity index (χ1v) is 7.78. The standard InChI is InChI=1S/C18H23NO2/c1-3-14-4-8-17(9-5-14)20-12-18-10-15(13(2)21-18)11-19-16-6-7-16/h4-5,8-10,16,19H,3,6-7,11-12H2,1-2H3. The summed E-state index contributed by atoms with van der Waals surface area (Å²) in [4.78, 5) is 0. The van der Waals surface area contributed by atoms with Gasteiger partial charge in [-0.25, -0.2) is 0 Å². The lowest BCUT2D eigenvalue weighted by Crippen LogP contribution is -2.15. The number of hydrogen-bond donors (Lipinski definition) is 1. The van der Waals surface area contributed by atoms with E-state index in [0.717, 1.165) is 36.3 Å². The van der Waals surface area contributed by atoms with E-state index >= 15 is 0 Å². The van der Waals surface area contributed by atoms with Gasteiger partial charge in [-0.05, 0) is 49.9 Å². The minimum atomic E-state index is 0.482. The third-order valence-corrected chi connectivity index (χ3v) is 3.94. The molecule has 0 spiro atoms. The van der Waals surface area contributed by atoms with Gasteiger partial charge in [-0.2, -0.15) is 0 Å². The monoisotopic (exact) mass is 285 g/mol. The highest BCUT2D eigenvalue weighted by Gasteiger charge is 2.20. The van der Waals surface area contributed by atoms with Crippen molar-refractivity contribution in [1.82, 2.24) is 5.32 Å². The number of aryl methyl sites for hydroxylation is 2. The Kier molecular flexibility index (Phi) is 4.30. The largest absolute Gasteiger partial charge is 0.486 e. The predicted molar refractivity (Wildman–Crippen MR) is 83.5 cm³/mol. The molecule has 0 aliphatic heterocycles. The summed E-state index contributed by atoms with van der Waals surface area (Å²) in [6.07, 6.45) is 3.66. The number of rotatable bonds is 7. The van der Waals surface area contributed by atoms with Gasteiger partial charge in [0.05, 0.1) is 0 Å². The molecule has 0 radical (unpaired) electrons.